The molecule has 0 saturated heterocycles. The summed E-state index contributed by atoms with van der Waals surface area (Å²) in [5.74, 6) is 5.25. The average Bonchev–Trinajstić information content (AvgIpc) is 2.31. The van der Waals surface area contributed by atoms with E-state index in [0.29, 0.717) is 5.52 Å². The molecule has 0 aliphatic carbocycles. The molecule has 0 radical (unpaired) electrons. The smallest absolute Gasteiger partial charge is 0.167 e. The van der Waals surface area contributed by atoms with Crippen molar-refractivity contribution >= 4 is 16.6 Å². The van der Waals surface area contributed by atoms with Crippen LogP contribution < -0.4 is 16.0 Å². The number of pyridine rings is 1. The number of nitrogens with zero attached hydrogens (tertiary/aromatic N) is 1. The molecule has 0 unspecified atom stereocenters. The molecule has 3 N–H and O–H groups in total. The number of aromatic nitrogens is 1. The third-order valence-electron chi connectivity index (χ3n) is 2.89. The van der Waals surface area contributed by atoms with Gasteiger partial charge in [-0.1, -0.05) is 0 Å². The Balaban J connectivity index is 2.86. The Morgan fingerprint density at radius 1 is 1.35 bits per heavy atom. The number of hydrazine groups is 1. The quantitative estimate of drug-likeness (QED) is 0.619. The second-order valence-corrected chi connectivity index (χ2v) is 3.85. The molecule has 4 nitrogen and oxygen atoms in total. The van der Waals surface area contributed by atoms with Gasteiger partial charge in [-0.2, -0.15) is 0 Å². The monoisotopic (exact) mass is 235 g/mol. The van der Waals surface area contributed by atoms with Crippen LogP contribution in [0, 0.1) is 19.7 Å². The maximum Gasteiger partial charge on any atom is 0.167 e. The number of hydrogen-bond acceptors (Lipinski definition) is 4. The number of hydrogen-bond donors (Lipinski definition) is 2. The number of nitrogens with two attached hydrogens (primary N) is 1. The molecule has 2 rings (SSSR count). The lowest BCUT2D eigenvalue weighted by atomic mass is 10.1. The Morgan fingerprint density at radius 3 is 2.65 bits per heavy atom. The highest BCUT2D eigenvalue weighted by Crippen LogP contribution is 2.31. The Hall–Kier alpha value is -1.88. The molecule has 0 atom stereocenters. The predicted molar refractivity (Wildman–Crippen MR) is 65.5 cm³/mol. The Morgan fingerprint density at radius 2 is 2.06 bits per heavy atom. The third-order valence-corrected chi connectivity index (χ3v) is 2.89. The van der Waals surface area contributed by atoms with Crippen molar-refractivity contribution in [2.75, 3.05) is 12.5 Å². The van der Waals surface area contributed by atoms with Gasteiger partial charge in [-0.15, -0.1) is 0 Å². The maximum absolute atomic E-state index is 13.6. The van der Waals surface area contributed by atoms with Crippen molar-refractivity contribution in [1.29, 1.82) is 0 Å². The number of aryl methyl sites for hydroxylation is 1. The first-order valence-electron chi connectivity index (χ1n) is 5.19. The lowest BCUT2D eigenvalue weighted by molar-refractivity contribution is 0.387. The minimum Gasteiger partial charge on any atom is -0.494 e. The van der Waals surface area contributed by atoms with Gasteiger partial charge in [0.2, 0.25) is 0 Å². The highest BCUT2D eigenvalue weighted by Gasteiger charge is 2.12. The molecule has 0 fully saturated rings. The Bertz CT molecular complexity index is 584. The van der Waals surface area contributed by atoms with Crippen molar-refractivity contribution < 1.29 is 9.13 Å². The normalized spacial score (nSPS) is 10.6. The first-order chi connectivity index (χ1) is 8.08. The van der Waals surface area contributed by atoms with Gasteiger partial charge in [-0.05, 0) is 25.5 Å². The summed E-state index contributed by atoms with van der Waals surface area (Å²) in [4.78, 5) is 4.33. The number of rotatable bonds is 2. The summed E-state index contributed by atoms with van der Waals surface area (Å²) in [6, 6.07) is 2.95. The SMILES string of the molecule is COc1cc2c(NN)c(C)c(C)nc2cc1F. The van der Waals surface area contributed by atoms with Gasteiger partial charge in [0.05, 0.1) is 18.3 Å². The van der Waals surface area contributed by atoms with Gasteiger partial charge < -0.3 is 10.2 Å². The topological polar surface area (TPSA) is 60.2 Å². The highest BCUT2D eigenvalue weighted by molar-refractivity contribution is 5.94. The van der Waals surface area contributed by atoms with Crippen LogP contribution in [-0.4, -0.2) is 12.1 Å². The van der Waals surface area contributed by atoms with E-state index in [4.69, 9.17) is 10.6 Å². The molecule has 1 aromatic carbocycles. The van der Waals surface area contributed by atoms with Gasteiger partial charge in [0.15, 0.2) is 11.6 Å². The van der Waals surface area contributed by atoms with Gasteiger partial charge >= 0.3 is 0 Å². The van der Waals surface area contributed by atoms with Crippen molar-refractivity contribution in [3.05, 3.63) is 29.2 Å². The number of benzene rings is 1. The first-order valence-corrected chi connectivity index (χ1v) is 5.19. The molecule has 0 aliphatic heterocycles. The number of nitrogens with one attached hydrogen (secondary N) is 1. The molecule has 0 bridgehead atoms. The number of halogens is 1. The minimum atomic E-state index is -0.432. The number of nitrogen functional groups attached to an aromatic ring is 1. The van der Waals surface area contributed by atoms with Crippen LogP contribution in [-0.2, 0) is 0 Å². The number of anilines is 1. The fourth-order valence-corrected chi connectivity index (χ4v) is 1.83. The summed E-state index contributed by atoms with van der Waals surface area (Å²) in [6.45, 7) is 3.77. The lowest BCUT2D eigenvalue weighted by Gasteiger charge is -2.13. The highest BCUT2D eigenvalue weighted by atomic mass is 19.1. The summed E-state index contributed by atoms with van der Waals surface area (Å²) in [5.41, 5.74) is 5.68. The van der Waals surface area contributed by atoms with E-state index in [-0.39, 0.29) is 5.75 Å². The van der Waals surface area contributed by atoms with Crippen molar-refractivity contribution in [3.8, 4) is 5.75 Å². The molecule has 0 spiro atoms. The van der Waals surface area contributed by atoms with Gasteiger partial charge in [-0.25, -0.2) is 4.39 Å². The number of fused-ring (bicyclic) bond motifs is 1. The molecule has 0 amide bonds. The van der Waals surface area contributed by atoms with E-state index in [0.717, 1.165) is 22.3 Å². The molecule has 0 aliphatic rings. The van der Waals surface area contributed by atoms with E-state index < -0.39 is 5.82 Å². The number of ether oxygens (including phenoxy) is 1. The van der Waals surface area contributed by atoms with Crippen LogP contribution in [0.3, 0.4) is 0 Å². The van der Waals surface area contributed by atoms with Gasteiger partial charge in [0.1, 0.15) is 0 Å². The standard InChI is InChI=1S/C12H14FN3O/c1-6-7(2)15-10-5-9(13)11(17-3)4-8(10)12(6)16-14/h4-5H,14H2,1-3H3,(H,15,16). The van der Waals surface area contributed by atoms with Crippen LogP contribution in [0.2, 0.25) is 0 Å². The Labute approximate surface area is 98.6 Å². The number of methoxy groups -OCH3 is 1. The van der Waals surface area contributed by atoms with Crippen molar-refractivity contribution in [2.24, 2.45) is 5.84 Å². The van der Waals surface area contributed by atoms with E-state index in [1.54, 1.807) is 6.07 Å². The van der Waals surface area contributed by atoms with Gasteiger partial charge in [-0.3, -0.25) is 10.8 Å². The molecule has 2 aromatic rings. The van der Waals surface area contributed by atoms with E-state index in [1.165, 1.54) is 13.2 Å². The molecule has 90 valence electrons. The van der Waals surface area contributed by atoms with Gasteiger partial charge in [0.25, 0.3) is 0 Å². The van der Waals surface area contributed by atoms with Gasteiger partial charge in [0, 0.05) is 17.1 Å². The molecule has 5 heteroatoms. The maximum atomic E-state index is 13.6. The first kappa shape index (κ1) is 11.6. The third kappa shape index (κ3) is 1.78. The van der Waals surface area contributed by atoms with Crippen LogP contribution in [0.25, 0.3) is 10.9 Å². The largest absolute Gasteiger partial charge is 0.494 e. The zero-order valence-electron chi connectivity index (χ0n) is 9.97. The molecule has 0 saturated carbocycles. The summed E-state index contributed by atoms with van der Waals surface area (Å²) >= 11 is 0. The fraction of sp³-hybridized carbons (Fsp3) is 0.250. The van der Waals surface area contributed by atoms with E-state index in [1.807, 2.05) is 13.8 Å². The van der Waals surface area contributed by atoms with E-state index >= 15 is 0 Å². The zero-order chi connectivity index (χ0) is 12.6. The van der Waals surface area contributed by atoms with Crippen LogP contribution in [0.5, 0.6) is 5.75 Å². The summed E-state index contributed by atoms with van der Waals surface area (Å²) in [5, 5.41) is 0.744. The van der Waals surface area contributed by atoms with Crippen LogP contribution in [0.15, 0.2) is 12.1 Å². The minimum absolute atomic E-state index is 0.180. The van der Waals surface area contributed by atoms with Crippen molar-refractivity contribution in [2.45, 2.75) is 13.8 Å². The molecular weight excluding hydrogens is 221 g/mol. The summed E-state index contributed by atoms with van der Waals surface area (Å²) in [7, 11) is 1.42. The van der Waals surface area contributed by atoms with Crippen molar-refractivity contribution in [3.63, 3.8) is 0 Å². The molecule has 17 heavy (non-hydrogen) atoms. The fourth-order valence-electron chi connectivity index (χ4n) is 1.83. The zero-order valence-corrected chi connectivity index (χ0v) is 9.97. The van der Waals surface area contributed by atoms with E-state index in [2.05, 4.69) is 10.4 Å². The Kier molecular flexibility index (Phi) is 2.85. The lowest BCUT2D eigenvalue weighted by Crippen LogP contribution is -2.10. The van der Waals surface area contributed by atoms with Crippen LogP contribution in [0.4, 0.5) is 10.1 Å². The molecule has 1 heterocycles. The summed E-state index contributed by atoms with van der Waals surface area (Å²) < 4.78 is 18.5. The van der Waals surface area contributed by atoms with E-state index in [9.17, 15) is 4.39 Å². The molecular formula is C12H14FN3O. The average molecular weight is 235 g/mol. The second-order valence-electron chi connectivity index (χ2n) is 3.85. The molecule has 1 aromatic heterocycles. The predicted octanol–water partition coefficient (Wildman–Crippen LogP) is 2.28. The van der Waals surface area contributed by atoms with Crippen molar-refractivity contribution in [1.82, 2.24) is 4.98 Å². The van der Waals surface area contributed by atoms with Crippen LogP contribution >= 0.6 is 0 Å². The second kappa shape index (κ2) is 4.18. The summed E-state index contributed by atoms with van der Waals surface area (Å²) in [6.07, 6.45) is 0. The van der Waals surface area contributed by atoms with Crippen LogP contribution in [0.1, 0.15) is 11.3 Å².